The van der Waals surface area contributed by atoms with Crippen LogP contribution < -0.4 is 10.1 Å². The molecule has 0 unspecified atom stereocenters. The Morgan fingerprint density at radius 3 is 2.38 bits per heavy atom. The first-order valence-corrected chi connectivity index (χ1v) is 9.08. The van der Waals surface area contributed by atoms with E-state index in [1.165, 1.54) is 0 Å². The Morgan fingerprint density at radius 2 is 1.62 bits per heavy atom. The van der Waals surface area contributed by atoms with Crippen molar-refractivity contribution in [2.75, 3.05) is 6.61 Å². The largest absolute Gasteiger partial charge is 0.483 e. The standard InChI is InChI=1S/C23H25NO2/c1-17(2)15-21(19-10-4-3-5-11-19)24-23(25)16-26-22-14-8-12-18-9-6-7-13-20(18)22/h3-14,17,21H,15-16H2,1-2H3,(H,24,25)/t21-/m0/s1. The van der Waals surface area contributed by atoms with Crippen molar-refractivity contribution < 1.29 is 9.53 Å². The van der Waals surface area contributed by atoms with Gasteiger partial charge < -0.3 is 10.1 Å². The summed E-state index contributed by atoms with van der Waals surface area (Å²) < 4.78 is 5.81. The van der Waals surface area contributed by atoms with Gasteiger partial charge in [0.25, 0.3) is 5.91 Å². The van der Waals surface area contributed by atoms with Gasteiger partial charge in [-0.25, -0.2) is 0 Å². The van der Waals surface area contributed by atoms with Gasteiger partial charge in [0.1, 0.15) is 5.75 Å². The van der Waals surface area contributed by atoms with Crippen LogP contribution in [-0.2, 0) is 4.79 Å². The van der Waals surface area contributed by atoms with E-state index in [-0.39, 0.29) is 18.6 Å². The number of carbonyl (C=O) groups excluding carboxylic acids is 1. The molecule has 0 aromatic heterocycles. The second-order valence-electron chi connectivity index (χ2n) is 6.93. The number of nitrogens with one attached hydrogen (secondary N) is 1. The highest BCUT2D eigenvalue weighted by atomic mass is 16.5. The highest BCUT2D eigenvalue weighted by Gasteiger charge is 2.16. The van der Waals surface area contributed by atoms with E-state index in [0.717, 1.165) is 28.5 Å². The van der Waals surface area contributed by atoms with Crippen molar-refractivity contribution in [3.05, 3.63) is 78.4 Å². The van der Waals surface area contributed by atoms with Crippen LogP contribution in [0.3, 0.4) is 0 Å². The lowest BCUT2D eigenvalue weighted by Gasteiger charge is -2.21. The Labute approximate surface area is 155 Å². The first-order valence-electron chi connectivity index (χ1n) is 9.08. The van der Waals surface area contributed by atoms with Gasteiger partial charge in [-0.15, -0.1) is 0 Å². The first kappa shape index (κ1) is 18.0. The lowest BCUT2D eigenvalue weighted by molar-refractivity contribution is -0.123. The number of ether oxygens (including phenoxy) is 1. The van der Waals surface area contributed by atoms with Gasteiger partial charge in [0.2, 0.25) is 0 Å². The Balaban J connectivity index is 1.66. The number of fused-ring (bicyclic) bond motifs is 1. The van der Waals surface area contributed by atoms with Crippen molar-refractivity contribution in [3.8, 4) is 5.75 Å². The number of benzene rings is 3. The molecule has 0 saturated carbocycles. The summed E-state index contributed by atoms with van der Waals surface area (Å²) in [4.78, 5) is 12.5. The molecular formula is C23H25NO2. The van der Waals surface area contributed by atoms with Gasteiger partial charge in [-0.3, -0.25) is 4.79 Å². The molecule has 0 aliphatic rings. The summed E-state index contributed by atoms with van der Waals surface area (Å²) in [7, 11) is 0. The fraction of sp³-hybridized carbons (Fsp3) is 0.261. The Hall–Kier alpha value is -2.81. The van der Waals surface area contributed by atoms with Gasteiger partial charge in [0, 0.05) is 5.39 Å². The summed E-state index contributed by atoms with van der Waals surface area (Å²) in [5.74, 6) is 1.12. The van der Waals surface area contributed by atoms with Crippen LogP contribution in [0.25, 0.3) is 10.8 Å². The van der Waals surface area contributed by atoms with Gasteiger partial charge in [-0.05, 0) is 29.4 Å². The number of amides is 1. The second-order valence-corrected chi connectivity index (χ2v) is 6.93. The quantitative estimate of drug-likeness (QED) is 0.644. The summed E-state index contributed by atoms with van der Waals surface area (Å²) in [5.41, 5.74) is 1.12. The van der Waals surface area contributed by atoms with Gasteiger partial charge in [0.05, 0.1) is 6.04 Å². The van der Waals surface area contributed by atoms with Crippen molar-refractivity contribution in [3.63, 3.8) is 0 Å². The van der Waals surface area contributed by atoms with E-state index in [9.17, 15) is 4.79 Å². The van der Waals surface area contributed by atoms with Crippen LogP contribution in [0, 0.1) is 5.92 Å². The van der Waals surface area contributed by atoms with Crippen LogP contribution in [0.2, 0.25) is 0 Å². The molecule has 0 bridgehead atoms. The minimum atomic E-state index is -0.104. The third-order valence-electron chi connectivity index (χ3n) is 4.35. The highest BCUT2D eigenvalue weighted by Crippen LogP contribution is 2.25. The molecule has 0 spiro atoms. The fourth-order valence-electron chi connectivity index (χ4n) is 3.14. The summed E-state index contributed by atoms with van der Waals surface area (Å²) >= 11 is 0. The zero-order chi connectivity index (χ0) is 18.4. The molecule has 0 aliphatic carbocycles. The maximum absolute atomic E-state index is 12.5. The summed E-state index contributed by atoms with van der Waals surface area (Å²) in [5, 5.41) is 5.24. The van der Waals surface area contributed by atoms with E-state index >= 15 is 0 Å². The van der Waals surface area contributed by atoms with Gasteiger partial charge >= 0.3 is 0 Å². The summed E-state index contributed by atoms with van der Waals surface area (Å²) in [6.07, 6.45) is 0.893. The maximum atomic E-state index is 12.5. The second kappa shape index (κ2) is 8.52. The molecule has 3 aromatic rings. The smallest absolute Gasteiger partial charge is 0.258 e. The average molecular weight is 347 g/mol. The summed E-state index contributed by atoms with van der Waals surface area (Å²) in [6, 6.07) is 24.0. The molecule has 26 heavy (non-hydrogen) atoms. The molecule has 0 aliphatic heterocycles. The van der Waals surface area contributed by atoms with E-state index in [1.54, 1.807) is 0 Å². The molecule has 3 rings (SSSR count). The highest BCUT2D eigenvalue weighted by molar-refractivity contribution is 5.88. The molecule has 0 heterocycles. The summed E-state index contributed by atoms with van der Waals surface area (Å²) in [6.45, 7) is 4.33. The van der Waals surface area contributed by atoms with Crippen LogP contribution in [0.1, 0.15) is 31.9 Å². The van der Waals surface area contributed by atoms with E-state index < -0.39 is 0 Å². The molecule has 1 atom stereocenters. The molecule has 1 N–H and O–H groups in total. The topological polar surface area (TPSA) is 38.3 Å². The number of rotatable bonds is 7. The fourth-order valence-corrected chi connectivity index (χ4v) is 3.14. The predicted molar refractivity (Wildman–Crippen MR) is 106 cm³/mol. The SMILES string of the molecule is CC(C)C[C@H](NC(=O)COc1cccc2ccccc12)c1ccccc1. The molecule has 134 valence electrons. The lowest BCUT2D eigenvalue weighted by atomic mass is 9.97. The van der Waals surface area contributed by atoms with E-state index in [4.69, 9.17) is 4.74 Å². The van der Waals surface area contributed by atoms with Crippen molar-refractivity contribution >= 4 is 16.7 Å². The Kier molecular flexibility index (Phi) is 5.90. The molecule has 3 nitrogen and oxygen atoms in total. The lowest BCUT2D eigenvalue weighted by Crippen LogP contribution is -2.33. The number of hydrogen-bond acceptors (Lipinski definition) is 2. The van der Waals surface area contributed by atoms with Crippen molar-refractivity contribution in [1.82, 2.24) is 5.32 Å². The molecule has 0 fully saturated rings. The maximum Gasteiger partial charge on any atom is 0.258 e. The third-order valence-corrected chi connectivity index (χ3v) is 4.35. The molecule has 3 heteroatoms. The first-order chi connectivity index (χ1) is 12.6. The monoisotopic (exact) mass is 347 g/mol. The Morgan fingerprint density at radius 1 is 0.923 bits per heavy atom. The predicted octanol–water partition coefficient (Wildman–Crippen LogP) is 5.12. The number of hydrogen-bond donors (Lipinski definition) is 1. The normalized spacial score (nSPS) is 12.1. The van der Waals surface area contributed by atoms with Gasteiger partial charge in [-0.2, -0.15) is 0 Å². The molecule has 0 radical (unpaired) electrons. The van der Waals surface area contributed by atoms with E-state index in [0.29, 0.717) is 5.92 Å². The van der Waals surface area contributed by atoms with Crippen LogP contribution >= 0.6 is 0 Å². The molecule has 3 aromatic carbocycles. The number of carbonyl (C=O) groups is 1. The molecule has 0 saturated heterocycles. The minimum absolute atomic E-state index is 0.000169. The molecular weight excluding hydrogens is 322 g/mol. The zero-order valence-electron chi connectivity index (χ0n) is 15.3. The van der Waals surface area contributed by atoms with Gasteiger partial charge in [-0.1, -0.05) is 80.6 Å². The van der Waals surface area contributed by atoms with Crippen molar-refractivity contribution in [2.45, 2.75) is 26.3 Å². The minimum Gasteiger partial charge on any atom is -0.483 e. The third kappa shape index (κ3) is 4.63. The molecule has 1 amide bonds. The Bertz CT molecular complexity index is 853. The van der Waals surface area contributed by atoms with E-state index in [2.05, 4.69) is 31.3 Å². The van der Waals surface area contributed by atoms with Crippen LogP contribution in [-0.4, -0.2) is 12.5 Å². The van der Waals surface area contributed by atoms with Crippen LogP contribution in [0.5, 0.6) is 5.75 Å². The average Bonchev–Trinajstić information content (AvgIpc) is 2.66. The van der Waals surface area contributed by atoms with Crippen molar-refractivity contribution in [2.24, 2.45) is 5.92 Å². The van der Waals surface area contributed by atoms with E-state index in [1.807, 2.05) is 60.7 Å². The van der Waals surface area contributed by atoms with Crippen LogP contribution in [0.4, 0.5) is 0 Å². The zero-order valence-corrected chi connectivity index (χ0v) is 15.3. The van der Waals surface area contributed by atoms with Crippen LogP contribution in [0.15, 0.2) is 72.8 Å². The van der Waals surface area contributed by atoms with Crippen molar-refractivity contribution in [1.29, 1.82) is 0 Å². The van der Waals surface area contributed by atoms with Gasteiger partial charge in [0.15, 0.2) is 6.61 Å².